The maximum absolute atomic E-state index is 13.1. The molecule has 0 heterocycles. The van der Waals surface area contributed by atoms with Crippen LogP contribution in [0.5, 0.6) is 0 Å². The summed E-state index contributed by atoms with van der Waals surface area (Å²) in [6, 6.07) is 13.3. The van der Waals surface area contributed by atoms with E-state index < -0.39 is 7.26 Å². The van der Waals surface area contributed by atoms with E-state index in [9.17, 15) is 9.59 Å². The minimum atomic E-state index is -1.88. The summed E-state index contributed by atoms with van der Waals surface area (Å²) in [6.07, 6.45) is 0.953. The van der Waals surface area contributed by atoms with Crippen molar-refractivity contribution >= 4 is 36.4 Å². The van der Waals surface area contributed by atoms with Gasteiger partial charge in [0.15, 0.2) is 6.16 Å². The van der Waals surface area contributed by atoms with E-state index >= 15 is 0 Å². The second-order valence-electron chi connectivity index (χ2n) is 7.91. The van der Waals surface area contributed by atoms with Gasteiger partial charge in [0, 0.05) is 31.3 Å². The zero-order valence-corrected chi connectivity index (χ0v) is 19.4. The number of nitrogens with one attached hydrogen (secondary N) is 1. The van der Waals surface area contributed by atoms with Crippen molar-refractivity contribution in [3.8, 4) is 0 Å². The molecule has 156 valence electrons. The normalized spacial score (nSPS) is 12.3. The van der Waals surface area contributed by atoms with Gasteiger partial charge in [-0.25, -0.2) is 4.79 Å². The number of esters is 1. The molecular weight excluding hydrogens is 405 g/mol. The van der Waals surface area contributed by atoms with Gasteiger partial charge in [-0.15, -0.1) is 0 Å². The van der Waals surface area contributed by atoms with Gasteiger partial charge in [0.1, 0.15) is 12.3 Å². The highest BCUT2D eigenvalue weighted by atomic mass is 35.5. The van der Waals surface area contributed by atoms with Gasteiger partial charge in [-0.05, 0) is 49.1 Å². The molecule has 1 unspecified atom stereocenters. The van der Waals surface area contributed by atoms with Gasteiger partial charge >= 0.3 is 5.97 Å². The van der Waals surface area contributed by atoms with Crippen LogP contribution < -0.4 is 5.32 Å². The number of rotatable bonds is 8. The van der Waals surface area contributed by atoms with Crippen LogP contribution in [0.15, 0.2) is 42.5 Å². The van der Waals surface area contributed by atoms with Gasteiger partial charge in [0.05, 0.1) is 0 Å². The molecule has 0 radical (unpaired) electrons. The van der Waals surface area contributed by atoms with Crippen molar-refractivity contribution in [3.63, 3.8) is 0 Å². The molecular formula is C23H30ClNO3P+. The van der Waals surface area contributed by atoms with Gasteiger partial charge in [0.2, 0.25) is 0 Å². The molecule has 4 nitrogen and oxygen atoms in total. The lowest BCUT2D eigenvalue weighted by Crippen LogP contribution is -2.32. The summed E-state index contributed by atoms with van der Waals surface area (Å²) in [5, 5.41) is 3.72. The Hall–Kier alpha value is -1.90. The molecule has 0 bridgehead atoms. The predicted molar refractivity (Wildman–Crippen MR) is 124 cm³/mol. The molecule has 2 rings (SSSR count). The monoisotopic (exact) mass is 434 g/mol. The third-order valence-corrected chi connectivity index (χ3v) is 8.64. The Kier molecular flexibility index (Phi) is 8.24. The standard InChI is InChI=1S/C23H29ClNO3P/c1-6-20(23(27)25-22-16(2)12-19(24)13-17(22)3)29(4,5)15-21(26)28-14-18-10-8-7-9-11-18/h7-13,20H,6,14-15H2,1-5H3/p+1. The van der Waals surface area contributed by atoms with Crippen molar-refractivity contribution in [1.82, 2.24) is 0 Å². The first kappa shape index (κ1) is 23.4. The third-order valence-electron chi connectivity index (χ3n) is 5.06. The molecule has 6 heteroatoms. The number of aryl methyl sites for hydroxylation is 2. The first-order chi connectivity index (χ1) is 13.6. The Labute approximate surface area is 179 Å². The molecule has 2 aromatic rings. The Morgan fingerprint density at radius 3 is 2.24 bits per heavy atom. The minimum absolute atomic E-state index is 0.0461. The van der Waals surface area contributed by atoms with Crippen LogP contribution in [0.1, 0.15) is 30.0 Å². The lowest BCUT2D eigenvalue weighted by Gasteiger charge is -2.26. The van der Waals surface area contributed by atoms with Crippen molar-refractivity contribution < 1.29 is 14.3 Å². The van der Waals surface area contributed by atoms with E-state index in [1.807, 2.05) is 76.6 Å². The van der Waals surface area contributed by atoms with Crippen molar-refractivity contribution in [3.05, 3.63) is 64.2 Å². The maximum Gasteiger partial charge on any atom is 0.344 e. The first-order valence-electron chi connectivity index (χ1n) is 9.74. The molecule has 0 aliphatic carbocycles. The first-order valence-corrected chi connectivity index (χ1v) is 13.1. The van der Waals surface area contributed by atoms with Crippen molar-refractivity contribution in [2.75, 3.05) is 24.8 Å². The van der Waals surface area contributed by atoms with Crippen LogP contribution in [0.25, 0.3) is 0 Å². The van der Waals surface area contributed by atoms with E-state index in [2.05, 4.69) is 5.32 Å². The Bertz CT molecular complexity index is 845. The molecule has 0 aliphatic rings. The van der Waals surface area contributed by atoms with Crippen molar-refractivity contribution in [1.29, 1.82) is 0 Å². The zero-order valence-electron chi connectivity index (χ0n) is 17.8. The van der Waals surface area contributed by atoms with Crippen LogP contribution >= 0.6 is 18.9 Å². The summed E-state index contributed by atoms with van der Waals surface area (Å²) in [5.41, 5.74) is 3.38. The van der Waals surface area contributed by atoms with E-state index in [1.54, 1.807) is 0 Å². The molecule has 0 spiro atoms. The highest BCUT2D eigenvalue weighted by Gasteiger charge is 2.43. The number of amides is 1. The average molecular weight is 435 g/mol. The summed E-state index contributed by atoms with van der Waals surface area (Å²) in [4.78, 5) is 25.5. The summed E-state index contributed by atoms with van der Waals surface area (Å²) in [6.45, 7) is 10.2. The molecule has 1 N–H and O–H groups in total. The molecule has 2 aromatic carbocycles. The van der Waals surface area contributed by atoms with Crippen LogP contribution in [0.2, 0.25) is 5.02 Å². The quantitative estimate of drug-likeness (QED) is 0.428. The molecule has 1 atom stereocenters. The molecule has 0 aromatic heterocycles. The zero-order chi connectivity index (χ0) is 21.6. The maximum atomic E-state index is 13.1. The van der Waals surface area contributed by atoms with Gasteiger partial charge < -0.3 is 10.1 Å². The number of halogens is 1. The van der Waals surface area contributed by atoms with Gasteiger partial charge in [-0.2, -0.15) is 0 Å². The predicted octanol–water partition coefficient (Wildman–Crippen LogP) is 5.69. The smallest absolute Gasteiger partial charge is 0.344 e. The second-order valence-corrected chi connectivity index (χ2v) is 12.8. The number of anilines is 1. The molecule has 29 heavy (non-hydrogen) atoms. The third kappa shape index (κ3) is 6.55. The van der Waals surface area contributed by atoms with Gasteiger partial charge in [-0.3, -0.25) is 4.79 Å². The van der Waals surface area contributed by atoms with Crippen LogP contribution in [0, 0.1) is 13.8 Å². The SMILES string of the molecule is CCC(C(=O)Nc1c(C)cc(Cl)cc1C)[P+](C)(C)CC(=O)OCc1ccccc1. The molecule has 0 saturated heterocycles. The highest BCUT2D eigenvalue weighted by Crippen LogP contribution is 2.57. The number of hydrogen-bond acceptors (Lipinski definition) is 3. The average Bonchev–Trinajstić information content (AvgIpc) is 2.63. The van der Waals surface area contributed by atoms with E-state index in [0.29, 0.717) is 11.4 Å². The summed E-state index contributed by atoms with van der Waals surface area (Å²) in [5.74, 6) is -0.299. The van der Waals surface area contributed by atoms with Crippen LogP contribution in [0.3, 0.4) is 0 Å². The number of carbonyl (C=O) groups is 2. The number of benzene rings is 2. The molecule has 0 saturated carbocycles. The van der Waals surface area contributed by atoms with Crippen LogP contribution in [-0.4, -0.2) is 37.0 Å². The van der Waals surface area contributed by atoms with E-state index in [-0.39, 0.29) is 30.3 Å². The minimum Gasteiger partial charge on any atom is -0.458 e. The topological polar surface area (TPSA) is 55.4 Å². The summed E-state index contributed by atoms with van der Waals surface area (Å²) >= 11 is 6.09. The Morgan fingerprint density at radius 2 is 1.69 bits per heavy atom. The fraction of sp³-hybridized carbons (Fsp3) is 0.391. The van der Waals surface area contributed by atoms with E-state index in [0.717, 1.165) is 22.4 Å². The van der Waals surface area contributed by atoms with E-state index in [1.165, 1.54) is 0 Å². The molecule has 0 fully saturated rings. The van der Waals surface area contributed by atoms with Crippen LogP contribution in [0.4, 0.5) is 5.69 Å². The number of carbonyl (C=O) groups excluding carboxylic acids is 2. The van der Waals surface area contributed by atoms with E-state index in [4.69, 9.17) is 16.3 Å². The van der Waals surface area contributed by atoms with Gasteiger partial charge in [-0.1, -0.05) is 48.9 Å². The molecule has 0 aliphatic heterocycles. The number of hydrogen-bond donors (Lipinski definition) is 1. The summed E-state index contributed by atoms with van der Waals surface area (Å²) in [7, 11) is -1.88. The fourth-order valence-corrected chi connectivity index (χ4v) is 6.53. The van der Waals surface area contributed by atoms with Gasteiger partial charge in [0.25, 0.3) is 5.91 Å². The lowest BCUT2D eigenvalue weighted by molar-refractivity contribution is -0.141. The lowest BCUT2D eigenvalue weighted by atomic mass is 10.1. The summed E-state index contributed by atoms with van der Waals surface area (Å²) < 4.78 is 5.45. The van der Waals surface area contributed by atoms with Crippen molar-refractivity contribution in [2.24, 2.45) is 0 Å². The van der Waals surface area contributed by atoms with Crippen molar-refractivity contribution in [2.45, 2.75) is 39.5 Å². The largest absolute Gasteiger partial charge is 0.458 e. The van der Waals surface area contributed by atoms with Crippen LogP contribution in [-0.2, 0) is 20.9 Å². The second kappa shape index (κ2) is 10.2. The fourth-order valence-electron chi connectivity index (χ4n) is 3.54. The Morgan fingerprint density at radius 1 is 1.10 bits per heavy atom. The highest BCUT2D eigenvalue weighted by molar-refractivity contribution is 7.76. The number of ether oxygens (including phenoxy) is 1. The Balaban J connectivity index is 2.04. The molecule has 1 amide bonds.